The summed E-state index contributed by atoms with van der Waals surface area (Å²) in [6.45, 7) is 4.99. The van der Waals surface area contributed by atoms with Crippen LogP contribution in [0.5, 0.6) is 0 Å². The molecule has 17 heavy (non-hydrogen) atoms. The highest BCUT2D eigenvalue weighted by Crippen LogP contribution is 2.14. The van der Waals surface area contributed by atoms with Crippen LogP contribution in [0.3, 0.4) is 0 Å². The molecule has 0 aromatic carbocycles. The molecule has 0 amide bonds. The largest absolute Gasteiger partial charge is 0.478 e. The highest BCUT2D eigenvalue weighted by atomic mass is 16.5. The molecule has 0 saturated heterocycles. The van der Waals surface area contributed by atoms with E-state index in [4.69, 9.17) is 15.6 Å². The van der Waals surface area contributed by atoms with E-state index in [9.17, 15) is 4.79 Å². The summed E-state index contributed by atoms with van der Waals surface area (Å²) in [5.74, 6) is -0.588. The lowest BCUT2D eigenvalue weighted by Crippen LogP contribution is -2.14. The quantitative estimate of drug-likeness (QED) is 0.645. The van der Waals surface area contributed by atoms with Crippen molar-refractivity contribution in [3.63, 3.8) is 0 Å². The van der Waals surface area contributed by atoms with Crippen molar-refractivity contribution in [3.05, 3.63) is 17.8 Å². The first-order valence-corrected chi connectivity index (χ1v) is 5.35. The molecule has 6 heteroatoms. The molecular formula is C11H17N3O3. The number of anilines is 2. The lowest BCUT2D eigenvalue weighted by atomic mass is 10.2. The Morgan fingerprint density at radius 2 is 2.35 bits per heavy atom. The first-order chi connectivity index (χ1) is 8.00. The van der Waals surface area contributed by atoms with Crippen molar-refractivity contribution in [2.24, 2.45) is 0 Å². The second-order valence-corrected chi connectivity index (χ2v) is 3.81. The molecule has 0 spiro atoms. The standard InChI is InChI=1S/C11H17N3O3/c1-7(2)17-4-3-13-10-5-8(11(15)16)9(12)6-14-10/h5-7H,3-4,12H2,1-2H3,(H,13,14)(H,15,16). The van der Waals surface area contributed by atoms with Gasteiger partial charge in [0.25, 0.3) is 0 Å². The van der Waals surface area contributed by atoms with E-state index >= 15 is 0 Å². The maximum absolute atomic E-state index is 10.8. The summed E-state index contributed by atoms with van der Waals surface area (Å²) in [5, 5.41) is 11.8. The van der Waals surface area contributed by atoms with E-state index in [-0.39, 0.29) is 17.4 Å². The smallest absolute Gasteiger partial charge is 0.337 e. The molecule has 4 N–H and O–H groups in total. The second-order valence-electron chi connectivity index (χ2n) is 3.81. The maximum Gasteiger partial charge on any atom is 0.337 e. The first-order valence-electron chi connectivity index (χ1n) is 5.35. The molecule has 0 atom stereocenters. The Balaban J connectivity index is 2.54. The Morgan fingerprint density at radius 3 is 2.94 bits per heavy atom. The number of pyridine rings is 1. The fourth-order valence-corrected chi connectivity index (χ4v) is 1.22. The van der Waals surface area contributed by atoms with E-state index in [1.54, 1.807) is 0 Å². The predicted octanol–water partition coefficient (Wildman–Crippen LogP) is 1.20. The molecular weight excluding hydrogens is 222 g/mol. The van der Waals surface area contributed by atoms with Gasteiger partial charge in [0.15, 0.2) is 0 Å². The third-order valence-corrected chi connectivity index (χ3v) is 2.02. The number of aromatic carboxylic acids is 1. The number of nitrogens with one attached hydrogen (secondary N) is 1. The molecule has 94 valence electrons. The third kappa shape index (κ3) is 4.28. The predicted molar refractivity (Wildman–Crippen MR) is 65.2 cm³/mol. The molecule has 0 saturated carbocycles. The number of carboxylic acids is 1. The van der Waals surface area contributed by atoms with Crippen LogP contribution in [0.25, 0.3) is 0 Å². The normalized spacial score (nSPS) is 10.5. The molecule has 1 aromatic heterocycles. The van der Waals surface area contributed by atoms with Gasteiger partial charge in [-0.05, 0) is 19.9 Å². The fourth-order valence-electron chi connectivity index (χ4n) is 1.22. The van der Waals surface area contributed by atoms with Crippen molar-refractivity contribution in [2.45, 2.75) is 20.0 Å². The first kappa shape index (κ1) is 13.2. The summed E-state index contributed by atoms with van der Waals surface area (Å²) in [5.41, 5.74) is 5.69. The Hall–Kier alpha value is -1.82. The number of ether oxygens (including phenoxy) is 1. The van der Waals surface area contributed by atoms with Gasteiger partial charge in [0.05, 0.1) is 30.2 Å². The molecule has 1 heterocycles. The molecule has 1 aromatic rings. The van der Waals surface area contributed by atoms with Gasteiger partial charge in [-0.15, -0.1) is 0 Å². The summed E-state index contributed by atoms with van der Waals surface area (Å²) in [7, 11) is 0. The van der Waals surface area contributed by atoms with Gasteiger partial charge in [-0.3, -0.25) is 0 Å². The van der Waals surface area contributed by atoms with Crippen molar-refractivity contribution in [1.29, 1.82) is 0 Å². The molecule has 0 unspecified atom stereocenters. The minimum atomic E-state index is -1.06. The lowest BCUT2D eigenvalue weighted by molar-refractivity contribution is 0.0698. The van der Waals surface area contributed by atoms with Crippen molar-refractivity contribution >= 4 is 17.5 Å². The van der Waals surface area contributed by atoms with Gasteiger partial charge in [0.2, 0.25) is 0 Å². The number of nitrogens with zero attached hydrogens (tertiary/aromatic N) is 1. The summed E-state index contributed by atoms with van der Waals surface area (Å²) < 4.78 is 5.33. The minimum Gasteiger partial charge on any atom is -0.478 e. The van der Waals surface area contributed by atoms with Crippen molar-refractivity contribution in [1.82, 2.24) is 4.98 Å². The van der Waals surface area contributed by atoms with E-state index in [1.807, 2.05) is 13.8 Å². The Labute approximate surface area is 99.8 Å². The van der Waals surface area contributed by atoms with Gasteiger partial charge in [0, 0.05) is 6.54 Å². The van der Waals surface area contributed by atoms with E-state index in [2.05, 4.69) is 10.3 Å². The second kappa shape index (κ2) is 6.05. The zero-order chi connectivity index (χ0) is 12.8. The zero-order valence-corrected chi connectivity index (χ0v) is 9.93. The topological polar surface area (TPSA) is 97.5 Å². The molecule has 0 bridgehead atoms. The molecule has 0 fully saturated rings. The highest BCUT2D eigenvalue weighted by Gasteiger charge is 2.09. The number of hydrogen-bond donors (Lipinski definition) is 3. The molecule has 0 aliphatic rings. The van der Waals surface area contributed by atoms with Crippen molar-refractivity contribution < 1.29 is 14.6 Å². The van der Waals surface area contributed by atoms with Crippen LogP contribution >= 0.6 is 0 Å². The summed E-state index contributed by atoms with van der Waals surface area (Å²) in [6.07, 6.45) is 1.50. The van der Waals surface area contributed by atoms with Crippen LogP contribution < -0.4 is 11.1 Å². The summed E-state index contributed by atoms with van der Waals surface area (Å²) in [6, 6.07) is 1.41. The van der Waals surface area contributed by atoms with Crippen molar-refractivity contribution in [3.8, 4) is 0 Å². The molecule has 0 aliphatic carbocycles. The number of carbonyl (C=O) groups is 1. The van der Waals surface area contributed by atoms with Crippen molar-refractivity contribution in [2.75, 3.05) is 24.2 Å². The monoisotopic (exact) mass is 239 g/mol. The average Bonchev–Trinajstić information content (AvgIpc) is 2.25. The van der Waals surface area contributed by atoms with Gasteiger partial charge in [-0.2, -0.15) is 0 Å². The minimum absolute atomic E-state index is 0.0484. The maximum atomic E-state index is 10.8. The van der Waals surface area contributed by atoms with Gasteiger partial charge in [-0.25, -0.2) is 9.78 Å². The van der Waals surface area contributed by atoms with Crippen LogP contribution in [0.4, 0.5) is 11.5 Å². The van der Waals surface area contributed by atoms with Crippen LogP contribution in [-0.2, 0) is 4.74 Å². The van der Waals surface area contributed by atoms with E-state index < -0.39 is 5.97 Å². The Morgan fingerprint density at radius 1 is 1.65 bits per heavy atom. The van der Waals surface area contributed by atoms with Crippen LogP contribution in [-0.4, -0.2) is 35.3 Å². The number of hydrogen-bond acceptors (Lipinski definition) is 5. The number of carboxylic acid groups (broad SMARTS) is 1. The molecule has 0 aliphatic heterocycles. The fraction of sp³-hybridized carbons (Fsp3) is 0.455. The summed E-state index contributed by atoms with van der Waals surface area (Å²) >= 11 is 0. The van der Waals surface area contributed by atoms with Gasteiger partial charge < -0.3 is 20.9 Å². The third-order valence-electron chi connectivity index (χ3n) is 2.02. The number of aromatic nitrogens is 1. The summed E-state index contributed by atoms with van der Waals surface area (Å²) in [4.78, 5) is 14.8. The van der Waals surface area contributed by atoms with Crippen LogP contribution in [0.2, 0.25) is 0 Å². The van der Waals surface area contributed by atoms with Gasteiger partial charge >= 0.3 is 5.97 Å². The SMILES string of the molecule is CC(C)OCCNc1cc(C(=O)O)c(N)cn1. The molecule has 0 radical (unpaired) electrons. The lowest BCUT2D eigenvalue weighted by Gasteiger charge is -2.09. The number of rotatable bonds is 6. The number of nitrogen functional groups attached to an aromatic ring is 1. The van der Waals surface area contributed by atoms with E-state index in [0.29, 0.717) is 19.0 Å². The van der Waals surface area contributed by atoms with Crippen LogP contribution in [0, 0.1) is 0 Å². The van der Waals surface area contributed by atoms with Crippen LogP contribution in [0.1, 0.15) is 24.2 Å². The average molecular weight is 239 g/mol. The Kier molecular flexibility index (Phi) is 4.71. The Bertz CT molecular complexity index is 394. The zero-order valence-electron chi connectivity index (χ0n) is 9.93. The highest BCUT2D eigenvalue weighted by molar-refractivity contribution is 5.94. The van der Waals surface area contributed by atoms with E-state index in [0.717, 1.165) is 0 Å². The van der Waals surface area contributed by atoms with Crippen LogP contribution in [0.15, 0.2) is 12.3 Å². The van der Waals surface area contributed by atoms with E-state index in [1.165, 1.54) is 12.3 Å². The molecule has 1 rings (SSSR count). The number of nitrogens with two attached hydrogens (primary N) is 1. The molecule has 6 nitrogen and oxygen atoms in total. The van der Waals surface area contributed by atoms with Gasteiger partial charge in [0.1, 0.15) is 5.82 Å². The van der Waals surface area contributed by atoms with Gasteiger partial charge in [-0.1, -0.05) is 0 Å².